The molecule has 90 valence electrons. The Morgan fingerprint density at radius 2 is 2.24 bits per heavy atom. The van der Waals surface area contributed by atoms with Crippen LogP contribution < -0.4 is 10.2 Å². The summed E-state index contributed by atoms with van der Waals surface area (Å²) in [6, 6.07) is 4.11. The number of rotatable bonds is 1. The van der Waals surface area contributed by atoms with Crippen molar-refractivity contribution in [2.45, 2.75) is 13.3 Å². The number of fused-ring (bicyclic) bond motifs is 1. The molecule has 5 nitrogen and oxygen atoms in total. The quantitative estimate of drug-likeness (QED) is 0.790. The summed E-state index contributed by atoms with van der Waals surface area (Å²) in [6.45, 7) is 6.18. The van der Waals surface area contributed by atoms with Crippen LogP contribution in [0.15, 0.2) is 18.3 Å². The van der Waals surface area contributed by atoms with Crippen LogP contribution in [0.3, 0.4) is 0 Å². The lowest BCUT2D eigenvalue weighted by Gasteiger charge is -2.16. The molecule has 2 aromatic heterocycles. The Kier molecular flexibility index (Phi) is 2.68. The minimum atomic E-state index is 0.847. The first-order chi connectivity index (χ1) is 8.33. The maximum atomic E-state index is 4.59. The van der Waals surface area contributed by atoms with Crippen LogP contribution in [0.2, 0.25) is 0 Å². The SMILES string of the molecule is Cc1ccn2nc(N3CCCNCC3)nc2c1. The molecule has 5 heteroatoms. The number of aryl methyl sites for hydroxylation is 1. The van der Waals surface area contributed by atoms with E-state index in [1.54, 1.807) is 0 Å². The molecule has 1 aliphatic heterocycles. The minimum Gasteiger partial charge on any atom is -0.338 e. The van der Waals surface area contributed by atoms with Gasteiger partial charge in [-0.15, -0.1) is 5.10 Å². The molecule has 1 fully saturated rings. The third-order valence-corrected chi connectivity index (χ3v) is 3.10. The first kappa shape index (κ1) is 10.5. The Balaban J connectivity index is 1.93. The summed E-state index contributed by atoms with van der Waals surface area (Å²) < 4.78 is 1.85. The average molecular weight is 231 g/mol. The summed E-state index contributed by atoms with van der Waals surface area (Å²) in [5.41, 5.74) is 2.14. The molecule has 3 heterocycles. The minimum absolute atomic E-state index is 0.847. The van der Waals surface area contributed by atoms with Crippen molar-refractivity contribution in [2.24, 2.45) is 0 Å². The van der Waals surface area contributed by atoms with Crippen molar-refractivity contribution in [3.05, 3.63) is 23.9 Å². The molecule has 1 aliphatic rings. The van der Waals surface area contributed by atoms with Gasteiger partial charge in [-0.05, 0) is 37.6 Å². The molecule has 3 rings (SSSR count). The number of anilines is 1. The second-order valence-corrected chi connectivity index (χ2v) is 4.51. The van der Waals surface area contributed by atoms with Crippen LogP contribution in [0, 0.1) is 6.92 Å². The third-order valence-electron chi connectivity index (χ3n) is 3.10. The Morgan fingerprint density at radius 1 is 1.29 bits per heavy atom. The van der Waals surface area contributed by atoms with Crippen LogP contribution in [0.5, 0.6) is 0 Å². The highest BCUT2D eigenvalue weighted by molar-refractivity contribution is 5.46. The van der Waals surface area contributed by atoms with Crippen molar-refractivity contribution in [3.8, 4) is 0 Å². The van der Waals surface area contributed by atoms with Crippen molar-refractivity contribution < 1.29 is 0 Å². The zero-order valence-electron chi connectivity index (χ0n) is 10.1. The molecule has 1 saturated heterocycles. The monoisotopic (exact) mass is 231 g/mol. The normalized spacial score (nSPS) is 17.4. The van der Waals surface area contributed by atoms with Crippen LogP contribution in [-0.2, 0) is 0 Å². The average Bonchev–Trinajstić information content (AvgIpc) is 2.57. The highest BCUT2D eigenvalue weighted by atomic mass is 15.4. The van der Waals surface area contributed by atoms with Crippen molar-refractivity contribution in [3.63, 3.8) is 0 Å². The van der Waals surface area contributed by atoms with Crippen LogP contribution in [-0.4, -0.2) is 40.8 Å². The van der Waals surface area contributed by atoms with Gasteiger partial charge in [0.05, 0.1) is 0 Å². The Morgan fingerprint density at radius 3 is 3.18 bits per heavy atom. The summed E-state index contributed by atoms with van der Waals surface area (Å²) in [4.78, 5) is 6.84. The van der Waals surface area contributed by atoms with Crippen molar-refractivity contribution in [1.82, 2.24) is 19.9 Å². The van der Waals surface area contributed by atoms with Crippen LogP contribution >= 0.6 is 0 Å². The molecule has 0 saturated carbocycles. The van der Waals surface area contributed by atoms with E-state index in [0.717, 1.165) is 44.2 Å². The molecule has 0 unspecified atom stereocenters. The van der Waals surface area contributed by atoms with E-state index in [1.807, 2.05) is 10.7 Å². The third kappa shape index (κ3) is 2.10. The van der Waals surface area contributed by atoms with Gasteiger partial charge in [-0.3, -0.25) is 0 Å². The lowest BCUT2D eigenvalue weighted by Crippen LogP contribution is -2.28. The van der Waals surface area contributed by atoms with E-state index in [-0.39, 0.29) is 0 Å². The first-order valence-corrected chi connectivity index (χ1v) is 6.12. The molecule has 0 atom stereocenters. The zero-order valence-corrected chi connectivity index (χ0v) is 10.1. The van der Waals surface area contributed by atoms with Crippen molar-refractivity contribution >= 4 is 11.6 Å². The molecular formula is C12H17N5. The van der Waals surface area contributed by atoms with E-state index in [9.17, 15) is 0 Å². The molecule has 0 bridgehead atoms. The van der Waals surface area contributed by atoms with Gasteiger partial charge in [0, 0.05) is 25.8 Å². The molecule has 0 radical (unpaired) electrons. The van der Waals surface area contributed by atoms with E-state index in [1.165, 1.54) is 5.56 Å². The lowest BCUT2D eigenvalue weighted by atomic mass is 10.3. The number of nitrogens with one attached hydrogen (secondary N) is 1. The van der Waals surface area contributed by atoms with Gasteiger partial charge < -0.3 is 10.2 Å². The predicted molar refractivity (Wildman–Crippen MR) is 67.4 cm³/mol. The number of aromatic nitrogens is 3. The van der Waals surface area contributed by atoms with E-state index in [4.69, 9.17) is 0 Å². The smallest absolute Gasteiger partial charge is 0.245 e. The van der Waals surface area contributed by atoms with Crippen LogP contribution in [0.25, 0.3) is 5.65 Å². The summed E-state index contributed by atoms with van der Waals surface area (Å²) >= 11 is 0. The Labute approximate surface area is 100 Å². The largest absolute Gasteiger partial charge is 0.338 e. The zero-order chi connectivity index (χ0) is 11.7. The van der Waals surface area contributed by atoms with Gasteiger partial charge in [0.2, 0.25) is 5.95 Å². The molecule has 2 aromatic rings. The first-order valence-electron chi connectivity index (χ1n) is 6.12. The highest BCUT2D eigenvalue weighted by Gasteiger charge is 2.14. The number of hydrogen-bond donors (Lipinski definition) is 1. The summed E-state index contributed by atoms with van der Waals surface area (Å²) in [5, 5.41) is 7.91. The van der Waals surface area contributed by atoms with Crippen LogP contribution in [0.1, 0.15) is 12.0 Å². The molecule has 0 spiro atoms. The fraction of sp³-hybridized carbons (Fsp3) is 0.500. The molecule has 0 amide bonds. The van der Waals surface area contributed by atoms with Gasteiger partial charge >= 0.3 is 0 Å². The van der Waals surface area contributed by atoms with Gasteiger partial charge in [-0.25, -0.2) is 4.52 Å². The lowest BCUT2D eigenvalue weighted by molar-refractivity contribution is 0.724. The second-order valence-electron chi connectivity index (χ2n) is 4.51. The van der Waals surface area contributed by atoms with E-state index in [2.05, 4.69) is 39.4 Å². The standard InChI is InChI=1S/C12H17N5/c1-10-3-7-17-11(9-10)14-12(15-17)16-6-2-4-13-5-8-16/h3,7,9,13H,2,4-6,8H2,1H3. The van der Waals surface area contributed by atoms with Gasteiger partial charge in [0.25, 0.3) is 0 Å². The molecule has 0 aliphatic carbocycles. The summed E-state index contributed by atoms with van der Waals surface area (Å²) in [5.74, 6) is 0.847. The fourth-order valence-electron chi connectivity index (χ4n) is 2.15. The predicted octanol–water partition coefficient (Wildman–Crippen LogP) is 0.837. The van der Waals surface area contributed by atoms with Crippen molar-refractivity contribution in [2.75, 3.05) is 31.1 Å². The van der Waals surface area contributed by atoms with Crippen molar-refractivity contribution in [1.29, 1.82) is 0 Å². The topological polar surface area (TPSA) is 45.5 Å². The molecular weight excluding hydrogens is 214 g/mol. The van der Waals surface area contributed by atoms with Crippen LogP contribution in [0.4, 0.5) is 5.95 Å². The second kappa shape index (κ2) is 4.33. The Hall–Kier alpha value is -1.62. The van der Waals surface area contributed by atoms with Gasteiger partial charge in [-0.1, -0.05) is 0 Å². The highest BCUT2D eigenvalue weighted by Crippen LogP contribution is 2.12. The molecule has 0 aromatic carbocycles. The summed E-state index contributed by atoms with van der Waals surface area (Å²) in [7, 11) is 0. The molecule has 1 N–H and O–H groups in total. The Bertz CT molecular complexity index is 511. The number of nitrogens with zero attached hydrogens (tertiary/aromatic N) is 4. The van der Waals surface area contributed by atoms with Gasteiger partial charge in [0.1, 0.15) is 0 Å². The van der Waals surface area contributed by atoms with E-state index < -0.39 is 0 Å². The number of hydrogen-bond acceptors (Lipinski definition) is 4. The molecule has 17 heavy (non-hydrogen) atoms. The van der Waals surface area contributed by atoms with E-state index in [0.29, 0.717) is 0 Å². The van der Waals surface area contributed by atoms with Gasteiger partial charge in [0.15, 0.2) is 5.65 Å². The maximum Gasteiger partial charge on any atom is 0.245 e. The fourth-order valence-corrected chi connectivity index (χ4v) is 2.15. The summed E-state index contributed by atoms with van der Waals surface area (Å²) in [6.07, 6.45) is 3.12. The van der Waals surface area contributed by atoms with E-state index >= 15 is 0 Å². The number of pyridine rings is 1. The van der Waals surface area contributed by atoms with Gasteiger partial charge in [-0.2, -0.15) is 4.98 Å². The maximum absolute atomic E-state index is 4.59.